The van der Waals surface area contributed by atoms with Crippen LogP contribution in [-0.2, 0) is 26.2 Å². The SMILES string of the molecule is Cc1noc(C)c1CCC(=O)N1CCN(S(=O)(=O)N2CC(C)OC(C)C2)CC1. The number of carbonyl (C=O) groups excluding carboxylic acids is 1. The molecule has 1 aromatic heterocycles. The van der Waals surface area contributed by atoms with Gasteiger partial charge in [0.15, 0.2) is 0 Å². The van der Waals surface area contributed by atoms with Gasteiger partial charge < -0.3 is 14.2 Å². The second kappa shape index (κ2) is 8.48. The van der Waals surface area contributed by atoms with E-state index in [4.69, 9.17) is 9.26 Å². The highest BCUT2D eigenvalue weighted by atomic mass is 32.2. The second-order valence-corrected chi connectivity index (χ2v) is 9.59. The molecule has 1 aromatic rings. The highest BCUT2D eigenvalue weighted by Crippen LogP contribution is 2.20. The highest BCUT2D eigenvalue weighted by molar-refractivity contribution is 7.86. The van der Waals surface area contributed by atoms with Crippen LogP contribution in [0, 0.1) is 13.8 Å². The number of piperazine rings is 1. The lowest BCUT2D eigenvalue weighted by atomic mass is 10.1. The number of nitrogens with zero attached hydrogens (tertiary/aromatic N) is 4. The molecular weight excluding hydrogens is 384 g/mol. The van der Waals surface area contributed by atoms with Gasteiger partial charge in [0, 0.05) is 51.3 Å². The number of hydrogen-bond acceptors (Lipinski definition) is 6. The lowest BCUT2D eigenvalue weighted by molar-refractivity contribution is -0.132. The fourth-order valence-corrected chi connectivity index (χ4v) is 5.65. The number of amides is 1. The summed E-state index contributed by atoms with van der Waals surface area (Å²) in [5.74, 6) is 0.779. The van der Waals surface area contributed by atoms with E-state index in [2.05, 4.69) is 5.16 Å². The lowest BCUT2D eigenvalue weighted by Crippen LogP contribution is -2.57. The number of carbonyl (C=O) groups is 1. The van der Waals surface area contributed by atoms with Crippen molar-refractivity contribution in [2.24, 2.45) is 0 Å². The summed E-state index contributed by atoms with van der Waals surface area (Å²) in [5, 5.41) is 3.91. The molecule has 2 saturated heterocycles. The zero-order chi connectivity index (χ0) is 20.5. The van der Waals surface area contributed by atoms with Gasteiger partial charge in [-0.2, -0.15) is 17.0 Å². The van der Waals surface area contributed by atoms with E-state index in [1.807, 2.05) is 27.7 Å². The predicted molar refractivity (Wildman–Crippen MR) is 103 cm³/mol. The first-order valence-electron chi connectivity index (χ1n) is 9.78. The quantitative estimate of drug-likeness (QED) is 0.705. The third kappa shape index (κ3) is 4.56. The van der Waals surface area contributed by atoms with Gasteiger partial charge in [0.2, 0.25) is 5.91 Å². The van der Waals surface area contributed by atoms with Crippen molar-refractivity contribution in [2.45, 2.75) is 52.7 Å². The summed E-state index contributed by atoms with van der Waals surface area (Å²) >= 11 is 0. The van der Waals surface area contributed by atoms with Gasteiger partial charge in [-0.3, -0.25) is 4.79 Å². The monoisotopic (exact) mass is 414 g/mol. The van der Waals surface area contributed by atoms with Crippen LogP contribution in [0.1, 0.15) is 37.3 Å². The molecule has 0 spiro atoms. The molecule has 0 aromatic carbocycles. The molecule has 9 nitrogen and oxygen atoms in total. The third-order valence-electron chi connectivity index (χ3n) is 5.40. The van der Waals surface area contributed by atoms with Gasteiger partial charge in [-0.05, 0) is 34.1 Å². The minimum absolute atomic E-state index is 0.0330. The Morgan fingerprint density at radius 1 is 1.07 bits per heavy atom. The van der Waals surface area contributed by atoms with E-state index in [1.54, 1.807) is 4.90 Å². The number of morpholine rings is 1. The molecule has 10 heteroatoms. The Balaban J connectivity index is 1.53. The molecule has 0 N–H and O–H groups in total. The molecule has 158 valence electrons. The molecule has 2 fully saturated rings. The number of ether oxygens (including phenoxy) is 1. The Labute approximate surface area is 166 Å². The summed E-state index contributed by atoms with van der Waals surface area (Å²) in [7, 11) is -3.53. The van der Waals surface area contributed by atoms with Gasteiger partial charge in [-0.1, -0.05) is 5.16 Å². The number of rotatable bonds is 5. The molecule has 0 radical (unpaired) electrons. The zero-order valence-electron chi connectivity index (χ0n) is 17.0. The molecule has 2 unspecified atom stereocenters. The molecule has 28 heavy (non-hydrogen) atoms. The van der Waals surface area contributed by atoms with Crippen LogP contribution in [0.15, 0.2) is 4.52 Å². The molecule has 2 aliphatic heterocycles. The zero-order valence-corrected chi connectivity index (χ0v) is 17.9. The van der Waals surface area contributed by atoms with Gasteiger partial charge in [0.25, 0.3) is 10.2 Å². The molecule has 2 aliphatic rings. The normalized spacial score (nSPS) is 25.2. The van der Waals surface area contributed by atoms with Crippen molar-refractivity contribution < 1.29 is 22.5 Å². The average molecular weight is 415 g/mol. The summed E-state index contributed by atoms with van der Waals surface area (Å²) in [6, 6.07) is 0. The summed E-state index contributed by atoms with van der Waals surface area (Å²) in [4.78, 5) is 14.3. The maximum absolute atomic E-state index is 12.9. The van der Waals surface area contributed by atoms with E-state index < -0.39 is 10.2 Å². The summed E-state index contributed by atoms with van der Waals surface area (Å²) in [6.45, 7) is 9.67. The fraction of sp³-hybridized carbons (Fsp3) is 0.778. The Bertz CT molecular complexity index is 771. The smallest absolute Gasteiger partial charge is 0.282 e. The highest BCUT2D eigenvalue weighted by Gasteiger charge is 2.37. The van der Waals surface area contributed by atoms with Crippen molar-refractivity contribution in [3.63, 3.8) is 0 Å². The Hall–Kier alpha value is -1.49. The topological polar surface area (TPSA) is 96.2 Å². The van der Waals surface area contributed by atoms with Gasteiger partial charge in [0.05, 0.1) is 17.9 Å². The van der Waals surface area contributed by atoms with E-state index in [1.165, 1.54) is 8.61 Å². The van der Waals surface area contributed by atoms with Crippen LogP contribution < -0.4 is 0 Å². The minimum atomic E-state index is -3.53. The first kappa shape index (κ1) is 21.2. The van der Waals surface area contributed by atoms with Crippen LogP contribution in [0.4, 0.5) is 0 Å². The van der Waals surface area contributed by atoms with E-state index in [0.29, 0.717) is 52.1 Å². The molecule has 2 atom stereocenters. The molecule has 1 amide bonds. The van der Waals surface area contributed by atoms with Crippen molar-refractivity contribution in [3.8, 4) is 0 Å². The lowest BCUT2D eigenvalue weighted by Gasteiger charge is -2.40. The number of aryl methyl sites for hydroxylation is 2. The summed E-state index contributed by atoms with van der Waals surface area (Å²) in [6.07, 6.45) is 0.715. The van der Waals surface area contributed by atoms with Crippen molar-refractivity contribution in [3.05, 3.63) is 17.0 Å². The molecular formula is C18H30N4O5S. The van der Waals surface area contributed by atoms with Crippen molar-refractivity contribution in [2.75, 3.05) is 39.3 Å². The molecule has 3 rings (SSSR count). The van der Waals surface area contributed by atoms with Crippen molar-refractivity contribution >= 4 is 16.1 Å². The van der Waals surface area contributed by atoms with Gasteiger partial charge in [-0.25, -0.2) is 0 Å². The van der Waals surface area contributed by atoms with E-state index in [-0.39, 0.29) is 18.1 Å². The standard InChI is InChI=1S/C18H30N4O5S/c1-13-11-22(12-14(2)26-13)28(24,25)21-9-7-20(8-10-21)18(23)6-5-17-15(3)19-27-16(17)4/h13-14H,5-12H2,1-4H3. The number of aromatic nitrogens is 1. The van der Waals surface area contributed by atoms with E-state index >= 15 is 0 Å². The van der Waals surface area contributed by atoms with E-state index in [9.17, 15) is 13.2 Å². The molecule has 0 aliphatic carbocycles. The second-order valence-electron chi connectivity index (χ2n) is 7.66. The predicted octanol–water partition coefficient (Wildman–Crippen LogP) is 0.722. The summed E-state index contributed by atoms with van der Waals surface area (Å²) < 4.78 is 39.6. The van der Waals surface area contributed by atoms with Crippen LogP contribution in [0.3, 0.4) is 0 Å². The van der Waals surface area contributed by atoms with Crippen molar-refractivity contribution in [1.82, 2.24) is 18.7 Å². The Morgan fingerprint density at radius 3 is 2.21 bits per heavy atom. The van der Waals surface area contributed by atoms with Crippen LogP contribution in [0.5, 0.6) is 0 Å². The summed E-state index contributed by atoms with van der Waals surface area (Å²) in [5.41, 5.74) is 1.79. The third-order valence-corrected chi connectivity index (χ3v) is 7.37. The average Bonchev–Trinajstić information content (AvgIpc) is 2.97. The largest absolute Gasteiger partial charge is 0.373 e. The van der Waals surface area contributed by atoms with Gasteiger partial charge >= 0.3 is 0 Å². The minimum Gasteiger partial charge on any atom is -0.373 e. The van der Waals surface area contributed by atoms with Crippen LogP contribution in [0.2, 0.25) is 0 Å². The molecule has 0 saturated carbocycles. The van der Waals surface area contributed by atoms with Gasteiger partial charge in [0.1, 0.15) is 5.76 Å². The number of hydrogen-bond donors (Lipinski definition) is 0. The van der Waals surface area contributed by atoms with Gasteiger partial charge in [-0.15, -0.1) is 0 Å². The van der Waals surface area contributed by atoms with E-state index in [0.717, 1.165) is 17.0 Å². The van der Waals surface area contributed by atoms with Crippen molar-refractivity contribution in [1.29, 1.82) is 0 Å². The maximum Gasteiger partial charge on any atom is 0.282 e. The van der Waals surface area contributed by atoms with Crippen LogP contribution >= 0.6 is 0 Å². The van der Waals surface area contributed by atoms with Crippen LogP contribution in [0.25, 0.3) is 0 Å². The Morgan fingerprint density at radius 2 is 1.68 bits per heavy atom. The van der Waals surface area contributed by atoms with Crippen LogP contribution in [-0.4, -0.2) is 84.5 Å². The molecule has 3 heterocycles. The fourth-order valence-electron chi connectivity index (χ4n) is 3.90. The first-order valence-corrected chi connectivity index (χ1v) is 11.2. The Kier molecular flexibility index (Phi) is 6.43. The maximum atomic E-state index is 12.9. The molecule has 0 bridgehead atoms. The first-order chi connectivity index (χ1) is 13.2.